The molecule has 0 aliphatic heterocycles. The van der Waals surface area contributed by atoms with Crippen LogP contribution < -0.4 is 16.2 Å². The largest absolute Gasteiger partial charge is 0.348 e. The van der Waals surface area contributed by atoms with Crippen molar-refractivity contribution >= 4 is 17.6 Å². The molecule has 9 nitrogen and oxygen atoms in total. The van der Waals surface area contributed by atoms with E-state index in [9.17, 15) is 14.4 Å². The SMILES string of the molecule is CCNC(=O)C(=O)Nc1cc(C)nn1-c1nc(C(C)C)cc(=O)[nH]1. The molecule has 0 aromatic carbocycles. The first-order chi connectivity index (χ1) is 11.3. The molecule has 2 aromatic rings. The zero-order chi connectivity index (χ0) is 17.9. The summed E-state index contributed by atoms with van der Waals surface area (Å²) in [5.41, 5.74) is 0.875. The van der Waals surface area contributed by atoms with Crippen molar-refractivity contribution in [3.8, 4) is 5.95 Å². The molecule has 2 aromatic heterocycles. The lowest BCUT2D eigenvalue weighted by molar-refractivity contribution is -0.136. The predicted octanol–water partition coefficient (Wildman–Crippen LogP) is 0.462. The molecule has 0 bridgehead atoms. The summed E-state index contributed by atoms with van der Waals surface area (Å²) in [6.45, 7) is 7.61. The maximum atomic E-state index is 11.9. The molecule has 24 heavy (non-hydrogen) atoms. The monoisotopic (exact) mass is 332 g/mol. The van der Waals surface area contributed by atoms with Gasteiger partial charge in [0.25, 0.3) is 5.56 Å². The lowest BCUT2D eigenvalue weighted by Gasteiger charge is -2.10. The van der Waals surface area contributed by atoms with Crippen molar-refractivity contribution in [1.29, 1.82) is 0 Å². The van der Waals surface area contributed by atoms with Crippen molar-refractivity contribution in [2.24, 2.45) is 0 Å². The molecule has 0 aliphatic carbocycles. The van der Waals surface area contributed by atoms with Gasteiger partial charge in [-0.2, -0.15) is 9.78 Å². The molecule has 2 heterocycles. The molecule has 0 radical (unpaired) electrons. The highest BCUT2D eigenvalue weighted by Crippen LogP contribution is 2.16. The molecule has 3 N–H and O–H groups in total. The van der Waals surface area contributed by atoms with Crippen molar-refractivity contribution in [3.63, 3.8) is 0 Å². The van der Waals surface area contributed by atoms with Crippen LogP contribution in [0.25, 0.3) is 5.95 Å². The summed E-state index contributed by atoms with van der Waals surface area (Å²) >= 11 is 0. The lowest BCUT2D eigenvalue weighted by atomic mass is 10.1. The minimum Gasteiger partial charge on any atom is -0.348 e. The summed E-state index contributed by atoms with van der Waals surface area (Å²) in [4.78, 5) is 42.2. The number of H-pyrrole nitrogens is 1. The molecule has 0 aliphatic rings. The lowest BCUT2D eigenvalue weighted by Crippen LogP contribution is -2.35. The molecule has 0 atom stereocenters. The Balaban J connectivity index is 2.41. The fourth-order valence-corrected chi connectivity index (χ4v) is 2.02. The molecule has 0 unspecified atom stereocenters. The Hall–Kier alpha value is -2.97. The van der Waals surface area contributed by atoms with Gasteiger partial charge in [-0.05, 0) is 19.8 Å². The molecule has 2 amide bonds. The van der Waals surface area contributed by atoms with Crippen LogP contribution in [0.2, 0.25) is 0 Å². The number of nitrogens with one attached hydrogen (secondary N) is 3. The number of nitrogens with zero attached hydrogens (tertiary/aromatic N) is 3. The topological polar surface area (TPSA) is 122 Å². The van der Waals surface area contributed by atoms with Gasteiger partial charge in [-0.3, -0.25) is 19.4 Å². The summed E-state index contributed by atoms with van der Waals surface area (Å²) in [6.07, 6.45) is 0. The van der Waals surface area contributed by atoms with E-state index in [-0.39, 0.29) is 23.2 Å². The highest BCUT2D eigenvalue weighted by Gasteiger charge is 2.18. The van der Waals surface area contributed by atoms with Crippen molar-refractivity contribution < 1.29 is 9.59 Å². The first kappa shape index (κ1) is 17.4. The smallest absolute Gasteiger partial charge is 0.314 e. The van der Waals surface area contributed by atoms with Gasteiger partial charge in [0.15, 0.2) is 0 Å². The van der Waals surface area contributed by atoms with E-state index in [4.69, 9.17) is 0 Å². The maximum Gasteiger partial charge on any atom is 0.314 e. The summed E-state index contributed by atoms with van der Waals surface area (Å²) in [5.74, 6) is -1.10. The Kier molecular flexibility index (Phi) is 5.12. The van der Waals surface area contributed by atoms with E-state index in [1.807, 2.05) is 13.8 Å². The number of hydrogen-bond acceptors (Lipinski definition) is 5. The molecular formula is C15H20N6O3. The molecule has 0 spiro atoms. The second-order valence-electron chi connectivity index (χ2n) is 5.54. The van der Waals surface area contributed by atoms with E-state index in [1.54, 1.807) is 19.9 Å². The van der Waals surface area contributed by atoms with Crippen LogP contribution in [0, 0.1) is 6.92 Å². The van der Waals surface area contributed by atoms with Crippen molar-refractivity contribution in [2.45, 2.75) is 33.6 Å². The highest BCUT2D eigenvalue weighted by atomic mass is 16.2. The third-order valence-electron chi connectivity index (χ3n) is 3.16. The number of amides is 2. The summed E-state index contributed by atoms with van der Waals surface area (Å²) in [7, 11) is 0. The van der Waals surface area contributed by atoms with Crippen LogP contribution in [-0.4, -0.2) is 38.1 Å². The van der Waals surface area contributed by atoms with Crippen LogP contribution in [0.4, 0.5) is 5.82 Å². The van der Waals surface area contributed by atoms with Gasteiger partial charge in [0.2, 0.25) is 5.95 Å². The number of aromatic nitrogens is 4. The van der Waals surface area contributed by atoms with Gasteiger partial charge >= 0.3 is 11.8 Å². The van der Waals surface area contributed by atoms with E-state index in [0.29, 0.717) is 17.9 Å². The van der Waals surface area contributed by atoms with Gasteiger partial charge in [-0.15, -0.1) is 0 Å². The Morgan fingerprint density at radius 1 is 1.29 bits per heavy atom. The van der Waals surface area contributed by atoms with Crippen LogP contribution in [0.1, 0.15) is 38.1 Å². The van der Waals surface area contributed by atoms with Gasteiger partial charge in [0, 0.05) is 18.7 Å². The van der Waals surface area contributed by atoms with E-state index >= 15 is 0 Å². The Morgan fingerprint density at radius 2 is 2.00 bits per heavy atom. The molecule has 0 fully saturated rings. The second kappa shape index (κ2) is 7.07. The van der Waals surface area contributed by atoms with Gasteiger partial charge in [0.1, 0.15) is 5.82 Å². The van der Waals surface area contributed by atoms with Crippen molar-refractivity contribution in [3.05, 3.63) is 33.9 Å². The zero-order valence-electron chi connectivity index (χ0n) is 14.0. The van der Waals surface area contributed by atoms with E-state index in [2.05, 4.69) is 25.7 Å². The van der Waals surface area contributed by atoms with E-state index < -0.39 is 11.8 Å². The third kappa shape index (κ3) is 3.86. The van der Waals surface area contributed by atoms with Gasteiger partial charge < -0.3 is 10.6 Å². The number of hydrogen-bond donors (Lipinski definition) is 3. The Morgan fingerprint density at radius 3 is 2.62 bits per heavy atom. The minimum absolute atomic E-state index is 0.0519. The van der Waals surface area contributed by atoms with Crippen LogP contribution >= 0.6 is 0 Å². The number of aromatic amines is 1. The van der Waals surface area contributed by atoms with Crippen LogP contribution in [0.3, 0.4) is 0 Å². The second-order valence-corrected chi connectivity index (χ2v) is 5.54. The number of carbonyl (C=O) groups excluding carboxylic acids is 2. The van der Waals surface area contributed by atoms with Gasteiger partial charge in [-0.25, -0.2) is 4.98 Å². The molecule has 0 saturated heterocycles. The van der Waals surface area contributed by atoms with Gasteiger partial charge in [0.05, 0.1) is 11.4 Å². The zero-order valence-corrected chi connectivity index (χ0v) is 14.0. The quantitative estimate of drug-likeness (QED) is 0.702. The van der Waals surface area contributed by atoms with E-state index in [1.165, 1.54) is 10.7 Å². The summed E-state index contributed by atoms with van der Waals surface area (Å²) in [6, 6.07) is 3.00. The van der Waals surface area contributed by atoms with Crippen molar-refractivity contribution in [2.75, 3.05) is 11.9 Å². The number of aryl methyl sites for hydroxylation is 1. The van der Waals surface area contributed by atoms with Crippen molar-refractivity contribution in [1.82, 2.24) is 25.1 Å². The van der Waals surface area contributed by atoms with Crippen LogP contribution in [-0.2, 0) is 9.59 Å². The minimum atomic E-state index is -0.819. The summed E-state index contributed by atoms with van der Waals surface area (Å²) < 4.78 is 1.29. The summed E-state index contributed by atoms with van der Waals surface area (Å²) in [5, 5.41) is 9.10. The van der Waals surface area contributed by atoms with Crippen LogP contribution in [0.15, 0.2) is 16.9 Å². The average molecular weight is 332 g/mol. The fourth-order valence-electron chi connectivity index (χ4n) is 2.02. The fraction of sp³-hybridized carbons (Fsp3) is 0.400. The highest BCUT2D eigenvalue weighted by molar-refractivity contribution is 6.39. The average Bonchev–Trinajstić information content (AvgIpc) is 2.87. The molecule has 9 heteroatoms. The number of anilines is 1. The first-order valence-corrected chi connectivity index (χ1v) is 7.59. The Bertz CT molecular complexity index is 821. The molecular weight excluding hydrogens is 312 g/mol. The first-order valence-electron chi connectivity index (χ1n) is 7.59. The molecule has 2 rings (SSSR count). The predicted molar refractivity (Wildman–Crippen MR) is 88.1 cm³/mol. The number of likely N-dealkylation sites (N-methyl/N-ethyl adjacent to an activating group) is 1. The standard InChI is InChI=1S/C15H20N6O3/c1-5-16-13(23)14(24)18-11-6-9(4)20-21(11)15-17-10(8(2)3)7-12(22)19-15/h6-8H,5H2,1-4H3,(H,16,23)(H,18,24)(H,17,19,22). The van der Waals surface area contributed by atoms with E-state index in [0.717, 1.165) is 0 Å². The van der Waals surface area contributed by atoms with Crippen LogP contribution in [0.5, 0.6) is 0 Å². The maximum absolute atomic E-state index is 11.9. The Labute approximate surface area is 138 Å². The molecule has 0 saturated carbocycles. The number of rotatable bonds is 4. The third-order valence-corrected chi connectivity index (χ3v) is 3.16. The number of carbonyl (C=O) groups is 2. The molecule has 128 valence electrons. The van der Waals surface area contributed by atoms with Gasteiger partial charge in [-0.1, -0.05) is 13.8 Å². The normalized spacial score (nSPS) is 10.7.